The van der Waals surface area contributed by atoms with E-state index in [4.69, 9.17) is 5.11 Å². The second-order valence-corrected chi connectivity index (χ2v) is 4.49. The quantitative estimate of drug-likeness (QED) is 0.813. The molecule has 0 aliphatic carbocycles. The van der Waals surface area contributed by atoms with Gasteiger partial charge in [-0.15, -0.1) is 0 Å². The normalized spacial score (nSPS) is 10.1. The van der Waals surface area contributed by atoms with Crippen LogP contribution in [0.4, 0.5) is 25.0 Å². The molecule has 0 aliphatic rings. The van der Waals surface area contributed by atoms with Crippen molar-refractivity contribution in [1.82, 2.24) is 0 Å². The van der Waals surface area contributed by atoms with Crippen LogP contribution in [0.2, 0.25) is 0 Å². The Hall–Kier alpha value is -2.48. The van der Waals surface area contributed by atoms with Crippen LogP contribution in [0.3, 0.4) is 0 Å². The molecule has 0 atom stereocenters. The molecule has 1 aromatic heterocycles. The first-order valence-corrected chi connectivity index (χ1v) is 6.24. The third-order valence-electron chi connectivity index (χ3n) is 2.31. The molecule has 0 fully saturated rings. The standard InChI is InChI=1S/C12H8F2N2O3S/c13-8-4-9(14)10(3-7(8)11(17)18)16-12(19)15-6-1-2-20-5-6/h1-5H,(H,17,18)(H2,15,16,19). The zero-order chi connectivity index (χ0) is 14.7. The van der Waals surface area contributed by atoms with Gasteiger partial charge in [0.15, 0.2) is 0 Å². The predicted molar refractivity (Wildman–Crippen MR) is 70.3 cm³/mol. The number of carbonyl (C=O) groups is 2. The second kappa shape index (κ2) is 5.66. The summed E-state index contributed by atoms with van der Waals surface area (Å²) in [6.07, 6.45) is 0. The lowest BCUT2D eigenvalue weighted by Gasteiger charge is -2.08. The van der Waals surface area contributed by atoms with Crippen LogP contribution in [0.5, 0.6) is 0 Å². The van der Waals surface area contributed by atoms with Gasteiger partial charge in [-0.1, -0.05) is 0 Å². The molecule has 20 heavy (non-hydrogen) atoms. The maximum Gasteiger partial charge on any atom is 0.338 e. The van der Waals surface area contributed by atoms with Gasteiger partial charge in [-0.3, -0.25) is 0 Å². The number of nitrogens with one attached hydrogen (secondary N) is 2. The van der Waals surface area contributed by atoms with Crippen molar-refractivity contribution >= 4 is 34.7 Å². The summed E-state index contributed by atoms with van der Waals surface area (Å²) in [5.41, 5.74) is -0.637. The van der Waals surface area contributed by atoms with Crippen LogP contribution in [0.25, 0.3) is 0 Å². The molecule has 0 saturated carbocycles. The lowest BCUT2D eigenvalue weighted by atomic mass is 10.2. The van der Waals surface area contributed by atoms with Crippen molar-refractivity contribution in [1.29, 1.82) is 0 Å². The van der Waals surface area contributed by atoms with Crippen LogP contribution in [0.1, 0.15) is 10.4 Å². The van der Waals surface area contributed by atoms with Crippen molar-refractivity contribution in [2.45, 2.75) is 0 Å². The number of urea groups is 1. The molecule has 1 aromatic carbocycles. The molecule has 0 saturated heterocycles. The second-order valence-electron chi connectivity index (χ2n) is 3.71. The van der Waals surface area contributed by atoms with Crippen LogP contribution in [-0.4, -0.2) is 17.1 Å². The Bertz CT molecular complexity index is 659. The Morgan fingerprint density at radius 3 is 2.50 bits per heavy atom. The van der Waals surface area contributed by atoms with Crippen molar-refractivity contribution in [3.8, 4) is 0 Å². The van der Waals surface area contributed by atoms with E-state index in [2.05, 4.69) is 10.6 Å². The summed E-state index contributed by atoms with van der Waals surface area (Å²) < 4.78 is 26.6. The van der Waals surface area contributed by atoms with E-state index >= 15 is 0 Å². The molecule has 104 valence electrons. The monoisotopic (exact) mass is 298 g/mol. The molecule has 1 heterocycles. The minimum absolute atomic E-state index is 0.406. The SMILES string of the molecule is O=C(Nc1ccsc1)Nc1cc(C(=O)O)c(F)cc1F. The van der Waals surface area contributed by atoms with Crippen LogP contribution < -0.4 is 10.6 Å². The van der Waals surface area contributed by atoms with E-state index in [1.807, 2.05) is 0 Å². The number of thiophene rings is 1. The first kappa shape index (κ1) is 13.9. The van der Waals surface area contributed by atoms with Gasteiger partial charge in [0.05, 0.1) is 16.9 Å². The highest BCUT2D eigenvalue weighted by Gasteiger charge is 2.16. The summed E-state index contributed by atoms with van der Waals surface area (Å²) in [6.45, 7) is 0. The molecule has 2 aromatic rings. The van der Waals surface area contributed by atoms with E-state index in [1.165, 1.54) is 11.3 Å². The van der Waals surface area contributed by atoms with Gasteiger partial charge in [0.1, 0.15) is 11.6 Å². The zero-order valence-corrected chi connectivity index (χ0v) is 10.6. The molecule has 0 aliphatic heterocycles. The molecular formula is C12H8F2N2O3S. The number of halogens is 2. The summed E-state index contributed by atoms with van der Waals surface area (Å²) in [5.74, 6) is -3.82. The molecule has 0 spiro atoms. The Balaban J connectivity index is 2.18. The summed E-state index contributed by atoms with van der Waals surface area (Å²) in [6, 6.07) is 2.00. The summed E-state index contributed by atoms with van der Waals surface area (Å²) in [7, 11) is 0. The van der Waals surface area contributed by atoms with Crippen LogP contribution >= 0.6 is 11.3 Å². The summed E-state index contributed by atoms with van der Waals surface area (Å²) in [4.78, 5) is 22.3. The van der Waals surface area contributed by atoms with Crippen LogP contribution in [0, 0.1) is 11.6 Å². The van der Waals surface area contributed by atoms with Crippen LogP contribution in [-0.2, 0) is 0 Å². The highest BCUT2D eigenvalue weighted by atomic mass is 32.1. The summed E-state index contributed by atoms with van der Waals surface area (Å²) in [5, 5.41) is 16.7. The molecule has 5 nitrogen and oxygen atoms in total. The largest absolute Gasteiger partial charge is 0.478 e. The number of aromatic carboxylic acids is 1. The number of carbonyl (C=O) groups excluding carboxylic acids is 1. The molecule has 8 heteroatoms. The van der Waals surface area contributed by atoms with Crippen molar-refractivity contribution in [3.05, 3.63) is 46.2 Å². The van der Waals surface area contributed by atoms with Crippen molar-refractivity contribution in [2.24, 2.45) is 0 Å². The molecule has 0 bridgehead atoms. The number of amides is 2. The topological polar surface area (TPSA) is 78.4 Å². The van der Waals surface area contributed by atoms with Crippen molar-refractivity contribution in [3.63, 3.8) is 0 Å². The molecular weight excluding hydrogens is 290 g/mol. The number of hydrogen-bond acceptors (Lipinski definition) is 3. The lowest BCUT2D eigenvalue weighted by Crippen LogP contribution is -2.20. The Morgan fingerprint density at radius 1 is 1.15 bits per heavy atom. The van der Waals surface area contributed by atoms with Gasteiger partial charge >= 0.3 is 12.0 Å². The molecule has 2 rings (SSSR count). The minimum atomic E-state index is -1.55. The van der Waals surface area contributed by atoms with Gasteiger partial charge in [-0.2, -0.15) is 11.3 Å². The van der Waals surface area contributed by atoms with Crippen molar-refractivity contribution < 1.29 is 23.5 Å². The fourth-order valence-corrected chi connectivity index (χ4v) is 2.02. The maximum atomic E-state index is 13.5. The van der Waals surface area contributed by atoms with Gasteiger partial charge in [-0.25, -0.2) is 18.4 Å². The lowest BCUT2D eigenvalue weighted by molar-refractivity contribution is 0.0692. The van der Waals surface area contributed by atoms with Gasteiger partial charge in [-0.05, 0) is 17.5 Å². The Labute approximate surface area is 115 Å². The van der Waals surface area contributed by atoms with E-state index in [0.717, 1.165) is 6.07 Å². The molecule has 3 N–H and O–H groups in total. The smallest absolute Gasteiger partial charge is 0.338 e. The number of hydrogen-bond donors (Lipinski definition) is 3. The first-order valence-electron chi connectivity index (χ1n) is 5.30. The first-order chi connectivity index (χ1) is 9.47. The van der Waals surface area contributed by atoms with Gasteiger partial charge in [0.25, 0.3) is 0 Å². The number of rotatable bonds is 3. The average Bonchev–Trinajstić information content (AvgIpc) is 2.84. The molecule has 0 radical (unpaired) electrons. The fraction of sp³-hybridized carbons (Fsp3) is 0. The van der Waals surface area contributed by atoms with E-state index in [1.54, 1.807) is 16.8 Å². The van der Waals surface area contributed by atoms with E-state index in [9.17, 15) is 18.4 Å². The molecule has 2 amide bonds. The van der Waals surface area contributed by atoms with E-state index < -0.39 is 34.9 Å². The van der Waals surface area contributed by atoms with Gasteiger partial charge in [0, 0.05) is 11.4 Å². The summed E-state index contributed by atoms with van der Waals surface area (Å²) >= 11 is 1.36. The Kier molecular flexibility index (Phi) is 3.94. The number of carboxylic acids is 1. The number of carboxylic acid groups (broad SMARTS) is 1. The van der Waals surface area contributed by atoms with E-state index in [0.29, 0.717) is 11.8 Å². The van der Waals surface area contributed by atoms with Crippen molar-refractivity contribution in [2.75, 3.05) is 10.6 Å². The Morgan fingerprint density at radius 2 is 1.90 bits per heavy atom. The third kappa shape index (κ3) is 3.09. The third-order valence-corrected chi connectivity index (χ3v) is 3.00. The van der Waals surface area contributed by atoms with Crippen LogP contribution in [0.15, 0.2) is 29.0 Å². The van der Waals surface area contributed by atoms with E-state index in [-0.39, 0.29) is 0 Å². The predicted octanol–water partition coefficient (Wildman–Crippen LogP) is 3.37. The molecule has 0 unspecified atom stereocenters. The fourth-order valence-electron chi connectivity index (χ4n) is 1.43. The van der Waals surface area contributed by atoms with Gasteiger partial charge < -0.3 is 15.7 Å². The zero-order valence-electron chi connectivity index (χ0n) is 9.81. The number of anilines is 2. The number of benzene rings is 1. The maximum absolute atomic E-state index is 13.5. The highest BCUT2D eigenvalue weighted by Crippen LogP contribution is 2.20. The average molecular weight is 298 g/mol. The highest BCUT2D eigenvalue weighted by molar-refractivity contribution is 7.08. The minimum Gasteiger partial charge on any atom is -0.478 e. The van der Waals surface area contributed by atoms with Gasteiger partial charge in [0.2, 0.25) is 0 Å².